The van der Waals surface area contributed by atoms with Crippen molar-refractivity contribution in [2.75, 3.05) is 19.7 Å². The summed E-state index contributed by atoms with van der Waals surface area (Å²) in [6.45, 7) is 3.47. The van der Waals surface area contributed by atoms with Gasteiger partial charge in [0.05, 0.1) is 17.9 Å². The van der Waals surface area contributed by atoms with Crippen LogP contribution in [-0.2, 0) is 14.3 Å². The van der Waals surface area contributed by atoms with Crippen molar-refractivity contribution in [3.63, 3.8) is 0 Å². The predicted molar refractivity (Wildman–Crippen MR) is 65.1 cm³/mol. The zero-order valence-electron chi connectivity index (χ0n) is 10.9. The van der Waals surface area contributed by atoms with Gasteiger partial charge in [-0.1, -0.05) is 0 Å². The van der Waals surface area contributed by atoms with Crippen LogP contribution in [0, 0.1) is 5.41 Å². The van der Waals surface area contributed by atoms with Gasteiger partial charge >= 0.3 is 5.97 Å². The molecule has 0 aromatic carbocycles. The third-order valence-electron chi connectivity index (χ3n) is 3.99. The molecule has 2 heterocycles. The quantitative estimate of drug-likeness (QED) is 0.824. The summed E-state index contributed by atoms with van der Waals surface area (Å²) in [5.41, 5.74) is -0.787. The molecule has 2 fully saturated rings. The zero-order valence-corrected chi connectivity index (χ0v) is 10.9. The van der Waals surface area contributed by atoms with Gasteiger partial charge < -0.3 is 14.7 Å². The summed E-state index contributed by atoms with van der Waals surface area (Å²) in [6.07, 6.45) is 3.80. The van der Waals surface area contributed by atoms with E-state index in [1.165, 1.54) is 0 Å². The molecule has 18 heavy (non-hydrogen) atoms. The minimum absolute atomic E-state index is 0.0362. The fourth-order valence-electron chi connectivity index (χ4n) is 2.76. The van der Waals surface area contributed by atoms with E-state index in [-0.39, 0.29) is 12.0 Å². The van der Waals surface area contributed by atoms with E-state index in [1.807, 2.05) is 0 Å². The van der Waals surface area contributed by atoms with Crippen LogP contribution in [-0.4, -0.2) is 47.7 Å². The first kappa shape index (κ1) is 13.3. The van der Waals surface area contributed by atoms with Crippen molar-refractivity contribution in [3.05, 3.63) is 0 Å². The summed E-state index contributed by atoms with van der Waals surface area (Å²) in [6, 6.07) is 0. The molecule has 5 nitrogen and oxygen atoms in total. The van der Waals surface area contributed by atoms with Gasteiger partial charge in [-0.3, -0.25) is 9.59 Å². The fourth-order valence-corrected chi connectivity index (χ4v) is 2.76. The number of amides is 1. The predicted octanol–water partition coefficient (Wildman–Crippen LogP) is 1.27. The van der Waals surface area contributed by atoms with Gasteiger partial charge in [0, 0.05) is 19.7 Å². The van der Waals surface area contributed by atoms with Crippen LogP contribution in [0.4, 0.5) is 0 Å². The van der Waals surface area contributed by atoms with E-state index in [0.29, 0.717) is 25.9 Å². The molecule has 2 saturated heterocycles. The third kappa shape index (κ3) is 2.83. The lowest BCUT2D eigenvalue weighted by molar-refractivity contribution is -0.153. The lowest BCUT2D eigenvalue weighted by atomic mass is 9.82. The van der Waals surface area contributed by atoms with Gasteiger partial charge in [-0.15, -0.1) is 0 Å². The van der Waals surface area contributed by atoms with Crippen molar-refractivity contribution in [1.82, 2.24) is 4.90 Å². The lowest BCUT2D eigenvalue weighted by Gasteiger charge is -2.37. The number of carboxylic acid groups (broad SMARTS) is 1. The Morgan fingerprint density at radius 3 is 2.83 bits per heavy atom. The SMILES string of the molecule is CC1(C(=O)O)CCCN(C(=O)CC2CCCO2)C1. The summed E-state index contributed by atoms with van der Waals surface area (Å²) < 4.78 is 5.45. The van der Waals surface area contributed by atoms with Crippen LogP contribution in [0.1, 0.15) is 39.0 Å². The minimum atomic E-state index is -0.808. The smallest absolute Gasteiger partial charge is 0.311 e. The molecule has 2 aliphatic rings. The van der Waals surface area contributed by atoms with Crippen LogP contribution in [0.15, 0.2) is 0 Å². The number of carbonyl (C=O) groups excluding carboxylic acids is 1. The molecule has 2 aliphatic heterocycles. The van der Waals surface area contributed by atoms with Crippen LogP contribution in [0.25, 0.3) is 0 Å². The van der Waals surface area contributed by atoms with Crippen LogP contribution in [0.5, 0.6) is 0 Å². The van der Waals surface area contributed by atoms with E-state index in [2.05, 4.69) is 0 Å². The maximum absolute atomic E-state index is 12.1. The maximum Gasteiger partial charge on any atom is 0.311 e. The van der Waals surface area contributed by atoms with Gasteiger partial charge in [-0.2, -0.15) is 0 Å². The Kier molecular flexibility index (Phi) is 3.90. The highest BCUT2D eigenvalue weighted by molar-refractivity contribution is 5.79. The van der Waals surface area contributed by atoms with Crippen LogP contribution in [0.2, 0.25) is 0 Å². The highest BCUT2D eigenvalue weighted by Crippen LogP contribution is 2.30. The van der Waals surface area contributed by atoms with E-state index in [9.17, 15) is 14.7 Å². The highest BCUT2D eigenvalue weighted by Gasteiger charge is 2.39. The second-order valence-corrected chi connectivity index (χ2v) is 5.62. The number of piperidine rings is 1. The van der Waals surface area contributed by atoms with Crippen molar-refractivity contribution < 1.29 is 19.4 Å². The molecule has 0 radical (unpaired) electrons. The Morgan fingerprint density at radius 2 is 2.22 bits per heavy atom. The Morgan fingerprint density at radius 1 is 1.44 bits per heavy atom. The van der Waals surface area contributed by atoms with E-state index < -0.39 is 11.4 Å². The molecule has 0 bridgehead atoms. The van der Waals surface area contributed by atoms with Crippen molar-refractivity contribution >= 4 is 11.9 Å². The Labute approximate surface area is 107 Å². The molecule has 1 N–H and O–H groups in total. The van der Waals surface area contributed by atoms with E-state index in [1.54, 1.807) is 11.8 Å². The molecule has 2 rings (SSSR count). The normalized spacial score (nSPS) is 32.5. The van der Waals surface area contributed by atoms with Gasteiger partial charge in [-0.05, 0) is 32.6 Å². The van der Waals surface area contributed by atoms with Crippen LogP contribution < -0.4 is 0 Å². The summed E-state index contributed by atoms with van der Waals surface area (Å²) in [5, 5.41) is 9.22. The largest absolute Gasteiger partial charge is 0.481 e. The number of likely N-dealkylation sites (tertiary alicyclic amines) is 1. The first-order chi connectivity index (χ1) is 8.51. The molecule has 2 unspecified atom stereocenters. The molecular formula is C13H21NO4. The average Bonchev–Trinajstić information content (AvgIpc) is 2.81. The van der Waals surface area contributed by atoms with Gasteiger partial charge in [0.1, 0.15) is 0 Å². The first-order valence-electron chi connectivity index (χ1n) is 6.64. The zero-order chi connectivity index (χ0) is 13.2. The molecule has 0 aromatic heterocycles. The van der Waals surface area contributed by atoms with Crippen molar-refractivity contribution in [2.45, 2.75) is 45.1 Å². The molecule has 0 spiro atoms. The number of ether oxygens (including phenoxy) is 1. The van der Waals surface area contributed by atoms with Gasteiger partial charge in [0.2, 0.25) is 5.91 Å². The van der Waals surface area contributed by atoms with Gasteiger partial charge in [-0.25, -0.2) is 0 Å². The van der Waals surface area contributed by atoms with E-state index in [0.717, 1.165) is 25.9 Å². The molecule has 2 atom stereocenters. The number of rotatable bonds is 3. The molecule has 0 aliphatic carbocycles. The molecule has 1 amide bonds. The topological polar surface area (TPSA) is 66.8 Å². The molecular weight excluding hydrogens is 234 g/mol. The standard InChI is InChI=1S/C13H21NO4/c1-13(12(16)17)5-3-6-14(9-13)11(15)8-10-4-2-7-18-10/h10H,2-9H2,1H3,(H,16,17). The number of carbonyl (C=O) groups is 2. The summed E-state index contributed by atoms with van der Waals surface area (Å²) in [7, 11) is 0. The second kappa shape index (κ2) is 5.26. The number of aliphatic carboxylic acids is 1. The van der Waals surface area contributed by atoms with E-state index in [4.69, 9.17) is 4.74 Å². The molecule has 5 heteroatoms. The van der Waals surface area contributed by atoms with Crippen molar-refractivity contribution in [1.29, 1.82) is 0 Å². The Balaban J connectivity index is 1.91. The fraction of sp³-hybridized carbons (Fsp3) is 0.846. The molecule has 0 saturated carbocycles. The van der Waals surface area contributed by atoms with Crippen molar-refractivity contribution in [2.24, 2.45) is 5.41 Å². The summed E-state index contributed by atoms with van der Waals surface area (Å²) in [4.78, 5) is 25.0. The summed E-state index contributed by atoms with van der Waals surface area (Å²) in [5.74, 6) is -0.772. The highest BCUT2D eigenvalue weighted by atomic mass is 16.5. The average molecular weight is 255 g/mol. The third-order valence-corrected chi connectivity index (χ3v) is 3.99. The maximum atomic E-state index is 12.1. The number of nitrogens with zero attached hydrogens (tertiary/aromatic N) is 1. The molecule has 102 valence electrons. The first-order valence-corrected chi connectivity index (χ1v) is 6.64. The minimum Gasteiger partial charge on any atom is -0.481 e. The number of hydrogen-bond donors (Lipinski definition) is 1. The van der Waals surface area contributed by atoms with Crippen molar-refractivity contribution in [3.8, 4) is 0 Å². The molecule has 0 aromatic rings. The number of hydrogen-bond acceptors (Lipinski definition) is 3. The second-order valence-electron chi connectivity index (χ2n) is 5.62. The number of carboxylic acids is 1. The van der Waals surface area contributed by atoms with E-state index >= 15 is 0 Å². The monoisotopic (exact) mass is 255 g/mol. The Bertz CT molecular complexity index is 338. The van der Waals surface area contributed by atoms with Crippen LogP contribution in [0.3, 0.4) is 0 Å². The van der Waals surface area contributed by atoms with Gasteiger partial charge in [0.25, 0.3) is 0 Å². The summed E-state index contributed by atoms with van der Waals surface area (Å²) >= 11 is 0. The van der Waals surface area contributed by atoms with Crippen LogP contribution >= 0.6 is 0 Å². The van der Waals surface area contributed by atoms with Gasteiger partial charge in [0.15, 0.2) is 0 Å². The Hall–Kier alpha value is -1.10. The lowest BCUT2D eigenvalue weighted by Crippen LogP contribution is -2.48.